The van der Waals surface area contributed by atoms with Gasteiger partial charge in [0.1, 0.15) is 11.3 Å². The average Bonchev–Trinajstić information content (AvgIpc) is 2.25. The van der Waals surface area contributed by atoms with Gasteiger partial charge in [-0.15, -0.1) is 0 Å². The SMILES string of the molecule is O=C(O)C1=Cc2ccc(N3CCC3)cc2OC1O. The monoisotopic (exact) mass is 247 g/mol. The van der Waals surface area contributed by atoms with Crippen molar-refractivity contribution in [2.45, 2.75) is 12.7 Å². The first-order chi connectivity index (χ1) is 8.65. The Balaban J connectivity index is 1.96. The summed E-state index contributed by atoms with van der Waals surface area (Å²) in [6.45, 7) is 2.05. The molecule has 94 valence electrons. The Kier molecular flexibility index (Phi) is 2.48. The third-order valence-electron chi connectivity index (χ3n) is 3.28. The Labute approximate surface area is 104 Å². The maximum absolute atomic E-state index is 10.9. The number of nitrogens with zero attached hydrogens (tertiary/aromatic N) is 1. The lowest BCUT2D eigenvalue weighted by Gasteiger charge is -2.34. The van der Waals surface area contributed by atoms with Crippen molar-refractivity contribution in [1.82, 2.24) is 0 Å². The minimum atomic E-state index is -1.40. The molecule has 2 N–H and O–H groups in total. The molecule has 1 aromatic rings. The molecule has 5 nitrogen and oxygen atoms in total. The Hall–Kier alpha value is -2.01. The van der Waals surface area contributed by atoms with Crippen LogP contribution in [0.25, 0.3) is 6.08 Å². The zero-order valence-electron chi connectivity index (χ0n) is 9.67. The van der Waals surface area contributed by atoms with Gasteiger partial charge < -0.3 is 19.8 Å². The Morgan fingerprint density at radius 3 is 2.78 bits per heavy atom. The summed E-state index contributed by atoms with van der Waals surface area (Å²) in [6.07, 6.45) is 1.23. The Morgan fingerprint density at radius 1 is 1.39 bits per heavy atom. The predicted octanol–water partition coefficient (Wildman–Crippen LogP) is 1.08. The average molecular weight is 247 g/mol. The molecule has 18 heavy (non-hydrogen) atoms. The van der Waals surface area contributed by atoms with E-state index in [-0.39, 0.29) is 5.57 Å². The molecule has 1 unspecified atom stereocenters. The number of carbonyl (C=O) groups is 1. The number of aliphatic hydroxyl groups excluding tert-OH is 1. The van der Waals surface area contributed by atoms with Crippen LogP contribution in [0.15, 0.2) is 23.8 Å². The second-order valence-electron chi connectivity index (χ2n) is 4.44. The predicted molar refractivity (Wildman–Crippen MR) is 65.5 cm³/mol. The largest absolute Gasteiger partial charge is 0.478 e. The highest BCUT2D eigenvalue weighted by Gasteiger charge is 2.26. The van der Waals surface area contributed by atoms with Gasteiger partial charge in [0.25, 0.3) is 0 Å². The summed E-state index contributed by atoms with van der Waals surface area (Å²) in [5, 5.41) is 18.5. The zero-order chi connectivity index (χ0) is 12.7. The van der Waals surface area contributed by atoms with Crippen LogP contribution in [0.4, 0.5) is 5.69 Å². The normalized spacial score (nSPS) is 21.5. The van der Waals surface area contributed by atoms with E-state index in [9.17, 15) is 9.90 Å². The number of carboxylic acid groups (broad SMARTS) is 1. The number of carboxylic acids is 1. The van der Waals surface area contributed by atoms with Gasteiger partial charge in [-0.2, -0.15) is 0 Å². The summed E-state index contributed by atoms with van der Waals surface area (Å²) in [5.41, 5.74) is 1.58. The maximum atomic E-state index is 10.9. The van der Waals surface area contributed by atoms with Gasteiger partial charge in [-0.25, -0.2) is 4.79 Å². The summed E-state index contributed by atoms with van der Waals surface area (Å²) in [4.78, 5) is 13.1. The topological polar surface area (TPSA) is 70.0 Å². The molecule has 0 radical (unpaired) electrons. The molecule has 0 spiro atoms. The number of aliphatic hydroxyl groups is 1. The number of benzene rings is 1. The van der Waals surface area contributed by atoms with Crippen molar-refractivity contribution in [2.24, 2.45) is 0 Å². The van der Waals surface area contributed by atoms with Gasteiger partial charge in [0.15, 0.2) is 0 Å². The van der Waals surface area contributed by atoms with E-state index < -0.39 is 12.3 Å². The van der Waals surface area contributed by atoms with Crippen LogP contribution in [0.1, 0.15) is 12.0 Å². The number of hydrogen-bond donors (Lipinski definition) is 2. The van der Waals surface area contributed by atoms with Crippen LogP contribution in [0.3, 0.4) is 0 Å². The number of ether oxygens (including phenoxy) is 1. The summed E-state index contributed by atoms with van der Waals surface area (Å²) < 4.78 is 5.24. The van der Waals surface area contributed by atoms with Crippen LogP contribution in [-0.2, 0) is 4.79 Å². The fraction of sp³-hybridized carbons (Fsp3) is 0.308. The highest BCUT2D eigenvalue weighted by Crippen LogP contribution is 2.33. The summed E-state index contributed by atoms with van der Waals surface area (Å²) >= 11 is 0. The molecule has 1 atom stereocenters. The third kappa shape index (κ3) is 1.73. The lowest BCUT2D eigenvalue weighted by atomic mass is 10.0. The molecule has 0 aliphatic carbocycles. The van der Waals surface area contributed by atoms with Gasteiger partial charge in [0.2, 0.25) is 6.29 Å². The van der Waals surface area contributed by atoms with Crippen molar-refractivity contribution in [3.63, 3.8) is 0 Å². The lowest BCUT2D eigenvalue weighted by Crippen LogP contribution is -2.37. The van der Waals surface area contributed by atoms with Crippen LogP contribution in [-0.4, -0.2) is 35.6 Å². The van der Waals surface area contributed by atoms with E-state index in [1.54, 1.807) is 0 Å². The van der Waals surface area contributed by atoms with Gasteiger partial charge >= 0.3 is 5.97 Å². The van der Waals surface area contributed by atoms with E-state index in [4.69, 9.17) is 9.84 Å². The lowest BCUT2D eigenvalue weighted by molar-refractivity contribution is -0.135. The van der Waals surface area contributed by atoms with E-state index in [1.807, 2.05) is 18.2 Å². The second-order valence-corrected chi connectivity index (χ2v) is 4.44. The fourth-order valence-electron chi connectivity index (χ4n) is 2.11. The smallest absolute Gasteiger partial charge is 0.337 e. The molecule has 0 amide bonds. The summed E-state index contributed by atoms with van der Waals surface area (Å²) in [7, 11) is 0. The van der Waals surface area contributed by atoms with Crippen molar-refractivity contribution in [1.29, 1.82) is 0 Å². The molecule has 0 saturated carbocycles. The molecule has 5 heteroatoms. The fourth-order valence-corrected chi connectivity index (χ4v) is 2.11. The standard InChI is InChI=1S/C13H13NO4/c15-12(16)10-6-8-2-3-9(14-4-1-5-14)7-11(8)18-13(10)17/h2-3,6-7,13,17H,1,4-5H2,(H,15,16). The molecular formula is C13H13NO4. The van der Waals surface area contributed by atoms with Crippen LogP contribution in [0, 0.1) is 0 Å². The van der Waals surface area contributed by atoms with Gasteiger partial charge in [-0.1, -0.05) is 0 Å². The van der Waals surface area contributed by atoms with E-state index in [0.717, 1.165) is 18.8 Å². The molecule has 0 bridgehead atoms. The van der Waals surface area contributed by atoms with E-state index >= 15 is 0 Å². The molecule has 1 fully saturated rings. The van der Waals surface area contributed by atoms with Crippen molar-refractivity contribution in [3.8, 4) is 5.75 Å². The molecule has 3 rings (SSSR count). The van der Waals surface area contributed by atoms with Crippen molar-refractivity contribution in [2.75, 3.05) is 18.0 Å². The maximum Gasteiger partial charge on any atom is 0.337 e. The molecular weight excluding hydrogens is 234 g/mol. The number of hydrogen-bond acceptors (Lipinski definition) is 4. The molecule has 1 saturated heterocycles. The molecule has 2 aliphatic rings. The molecule has 0 aromatic heterocycles. The Bertz CT molecular complexity index is 534. The zero-order valence-corrected chi connectivity index (χ0v) is 9.67. The Morgan fingerprint density at radius 2 is 2.17 bits per heavy atom. The number of aliphatic carboxylic acids is 1. The van der Waals surface area contributed by atoms with Gasteiger partial charge in [0.05, 0.1) is 0 Å². The first-order valence-electron chi connectivity index (χ1n) is 5.84. The molecule has 1 aromatic carbocycles. The first-order valence-corrected chi connectivity index (χ1v) is 5.84. The van der Waals surface area contributed by atoms with Crippen LogP contribution >= 0.6 is 0 Å². The van der Waals surface area contributed by atoms with E-state index in [2.05, 4.69) is 4.90 Å². The number of rotatable bonds is 2. The highest BCUT2D eigenvalue weighted by atomic mass is 16.6. The van der Waals surface area contributed by atoms with Crippen molar-refractivity contribution >= 4 is 17.7 Å². The second kappa shape index (κ2) is 4.03. The van der Waals surface area contributed by atoms with Gasteiger partial charge in [-0.05, 0) is 24.6 Å². The number of anilines is 1. The first kappa shape index (κ1) is 11.1. The van der Waals surface area contributed by atoms with Gasteiger partial charge in [-0.3, -0.25) is 0 Å². The van der Waals surface area contributed by atoms with Crippen LogP contribution < -0.4 is 9.64 Å². The van der Waals surface area contributed by atoms with Crippen LogP contribution in [0.2, 0.25) is 0 Å². The van der Waals surface area contributed by atoms with Gasteiger partial charge in [0, 0.05) is 30.4 Å². The van der Waals surface area contributed by atoms with Crippen molar-refractivity contribution < 1.29 is 19.7 Å². The third-order valence-corrected chi connectivity index (χ3v) is 3.28. The van der Waals surface area contributed by atoms with Crippen LogP contribution in [0.5, 0.6) is 5.75 Å². The van der Waals surface area contributed by atoms with E-state index in [1.165, 1.54) is 12.5 Å². The van der Waals surface area contributed by atoms with E-state index in [0.29, 0.717) is 11.3 Å². The summed E-state index contributed by atoms with van der Waals surface area (Å²) in [5.74, 6) is -0.642. The molecule has 2 aliphatic heterocycles. The van der Waals surface area contributed by atoms with Crippen molar-refractivity contribution in [3.05, 3.63) is 29.3 Å². The number of fused-ring (bicyclic) bond motifs is 1. The summed E-state index contributed by atoms with van der Waals surface area (Å²) in [6, 6.07) is 5.60. The highest BCUT2D eigenvalue weighted by molar-refractivity contribution is 5.94. The minimum Gasteiger partial charge on any atom is -0.478 e. The molecule has 2 heterocycles. The quantitative estimate of drug-likeness (QED) is 0.818. The minimum absolute atomic E-state index is 0.140.